The van der Waals surface area contributed by atoms with Gasteiger partial charge in [-0.15, -0.1) is 0 Å². The van der Waals surface area contributed by atoms with E-state index in [1.54, 1.807) is 6.92 Å². The van der Waals surface area contributed by atoms with Crippen LogP contribution in [0.3, 0.4) is 0 Å². The molecular formula is C18H42N6O. The summed E-state index contributed by atoms with van der Waals surface area (Å²) in [5.74, 6) is 0.181. The number of carbonyl (C=O) groups excluding carboxylic acids is 1. The zero-order chi connectivity index (χ0) is 18.6. The van der Waals surface area contributed by atoms with Crippen molar-refractivity contribution in [1.82, 2.24) is 20.9 Å². The lowest BCUT2D eigenvalue weighted by atomic mass is 10.2. The van der Waals surface area contributed by atoms with Crippen molar-refractivity contribution in [3.63, 3.8) is 0 Å². The molecule has 0 rings (SSSR count). The fraction of sp³-hybridized carbons (Fsp3) is 0.944. The molecule has 25 heavy (non-hydrogen) atoms. The van der Waals surface area contributed by atoms with Gasteiger partial charge in [0.1, 0.15) is 0 Å². The smallest absolute Gasteiger partial charge is 0.219 e. The van der Waals surface area contributed by atoms with Crippen LogP contribution < -0.4 is 27.4 Å². The molecule has 0 unspecified atom stereocenters. The van der Waals surface area contributed by atoms with Crippen LogP contribution in [0.4, 0.5) is 0 Å². The summed E-state index contributed by atoms with van der Waals surface area (Å²) in [5, 5.41) is 10.2. The van der Waals surface area contributed by atoms with Crippen LogP contribution in [0, 0.1) is 0 Å². The fourth-order valence-electron chi connectivity index (χ4n) is 2.54. The quantitative estimate of drug-likeness (QED) is 0.206. The molecule has 1 amide bonds. The van der Waals surface area contributed by atoms with Crippen LogP contribution in [0.2, 0.25) is 0 Å². The molecule has 0 aliphatic rings. The summed E-state index contributed by atoms with van der Waals surface area (Å²) in [5.41, 5.74) is 10.9. The van der Waals surface area contributed by atoms with Crippen LogP contribution in [0.5, 0.6) is 0 Å². The van der Waals surface area contributed by atoms with Gasteiger partial charge in [0.25, 0.3) is 0 Å². The summed E-state index contributed by atoms with van der Waals surface area (Å²) in [7, 11) is 0. The van der Waals surface area contributed by atoms with Gasteiger partial charge in [0.15, 0.2) is 0 Å². The Labute approximate surface area is 154 Å². The minimum Gasteiger partial charge on any atom is -0.343 e. The highest BCUT2D eigenvalue weighted by Crippen LogP contribution is 1.98. The summed E-state index contributed by atoms with van der Waals surface area (Å²) in [6.45, 7) is 10.9. The third-order valence-corrected chi connectivity index (χ3v) is 4.08. The van der Waals surface area contributed by atoms with E-state index < -0.39 is 0 Å². The average Bonchev–Trinajstić information content (AvgIpc) is 2.60. The minimum absolute atomic E-state index is 0.181. The van der Waals surface area contributed by atoms with Gasteiger partial charge in [0.05, 0.1) is 0 Å². The highest BCUT2D eigenvalue weighted by molar-refractivity contribution is 5.73. The Bertz CT molecular complexity index is 291. The summed E-state index contributed by atoms with van der Waals surface area (Å²) in [6.07, 6.45) is 6.35. The van der Waals surface area contributed by atoms with Crippen molar-refractivity contribution in [3.8, 4) is 0 Å². The standard InChI is InChI=1S/C18H42N6O/c1-18(25)24(16-3-2-10-21-11-4-8-19)17-7-15-23-14-6-13-22-12-5-9-20/h21-23H,2-17,19-20H2,1H3. The number of carbonyl (C=O) groups is 1. The van der Waals surface area contributed by atoms with Crippen molar-refractivity contribution in [2.24, 2.45) is 11.5 Å². The van der Waals surface area contributed by atoms with Gasteiger partial charge in [-0.3, -0.25) is 4.79 Å². The highest BCUT2D eigenvalue weighted by Gasteiger charge is 2.07. The molecule has 0 spiro atoms. The molecule has 150 valence electrons. The lowest BCUT2D eigenvalue weighted by Gasteiger charge is -2.21. The van der Waals surface area contributed by atoms with Crippen LogP contribution >= 0.6 is 0 Å². The van der Waals surface area contributed by atoms with Crippen LogP contribution in [-0.4, -0.2) is 76.3 Å². The first-order chi connectivity index (χ1) is 12.2. The van der Waals surface area contributed by atoms with Gasteiger partial charge in [0.2, 0.25) is 5.91 Å². The van der Waals surface area contributed by atoms with E-state index in [1.165, 1.54) is 0 Å². The molecule has 0 saturated heterocycles. The van der Waals surface area contributed by atoms with E-state index in [9.17, 15) is 4.79 Å². The SMILES string of the molecule is CC(=O)N(CCCCNCCCN)CCCNCCCNCCCN. The largest absolute Gasteiger partial charge is 0.343 e. The van der Waals surface area contributed by atoms with Gasteiger partial charge in [0, 0.05) is 20.0 Å². The average molecular weight is 359 g/mol. The molecule has 0 fully saturated rings. The van der Waals surface area contributed by atoms with Gasteiger partial charge in [-0.1, -0.05) is 0 Å². The lowest BCUT2D eigenvalue weighted by molar-refractivity contribution is -0.129. The molecule has 7 N–H and O–H groups in total. The van der Waals surface area contributed by atoms with E-state index in [2.05, 4.69) is 16.0 Å². The van der Waals surface area contributed by atoms with E-state index in [0.717, 1.165) is 104 Å². The topological polar surface area (TPSA) is 108 Å². The zero-order valence-electron chi connectivity index (χ0n) is 16.3. The molecule has 0 aromatic heterocycles. The maximum Gasteiger partial charge on any atom is 0.219 e. The van der Waals surface area contributed by atoms with E-state index >= 15 is 0 Å². The molecule has 0 bridgehead atoms. The van der Waals surface area contributed by atoms with Gasteiger partial charge in [-0.25, -0.2) is 0 Å². The van der Waals surface area contributed by atoms with Crippen molar-refractivity contribution < 1.29 is 4.79 Å². The summed E-state index contributed by atoms with van der Waals surface area (Å²) in [6, 6.07) is 0. The maximum absolute atomic E-state index is 11.7. The van der Waals surface area contributed by atoms with Gasteiger partial charge in [-0.2, -0.15) is 0 Å². The second-order valence-electron chi connectivity index (χ2n) is 6.45. The molecule has 0 aromatic carbocycles. The number of amides is 1. The first-order valence-electron chi connectivity index (χ1n) is 10.00. The highest BCUT2D eigenvalue weighted by atomic mass is 16.2. The number of nitrogens with zero attached hydrogens (tertiary/aromatic N) is 1. The Morgan fingerprint density at radius 1 is 0.680 bits per heavy atom. The summed E-state index contributed by atoms with van der Waals surface area (Å²) < 4.78 is 0. The van der Waals surface area contributed by atoms with Crippen molar-refractivity contribution in [3.05, 3.63) is 0 Å². The normalized spacial score (nSPS) is 11.0. The Kier molecular flexibility index (Phi) is 19.0. The molecule has 0 aliphatic carbocycles. The molecule has 7 heteroatoms. The lowest BCUT2D eigenvalue weighted by Crippen LogP contribution is -2.33. The number of nitrogens with one attached hydrogen (secondary N) is 3. The van der Waals surface area contributed by atoms with E-state index in [0.29, 0.717) is 0 Å². The molecular weight excluding hydrogens is 316 g/mol. The van der Waals surface area contributed by atoms with Crippen molar-refractivity contribution in [1.29, 1.82) is 0 Å². The van der Waals surface area contributed by atoms with Gasteiger partial charge >= 0.3 is 0 Å². The predicted octanol–water partition coefficient (Wildman–Crippen LogP) is -0.138. The minimum atomic E-state index is 0.181. The molecule has 0 aliphatic heterocycles. The number of unbranched alkanes of at least 4 members (excludes halogenated alkanes) is 1. The number of nitrogens with two attached hydrogens (primary N) is 2. The molecule has 0 aromatic rings. The van der Waals surface area contributed by atoms with Crippen LogP contribution in [0.1, 0.15) is 45.4 Å². The molecule has 7 nitrogen and oxygen atoms in total. The van der Waals surface area contributed by atoms with Gasteiger partial charge < -0.3 is 32.3 Å². The molecule has 0 radical (unpaired) electrons. The third kappa shape index (κ3) is 17.9. The van der Waals surface area contributed by atoms with E-state index in [4.69, 9.17) is 11.5 Å². The molecule has 0 heterocycles. The van der Waals surface area contributed by atoms with Crippen LogP contribution in [-0.2, 0) is 4.79 Å². The fourth-order valence-corrected chi connectivity index (χ4v) is 2.54. The van der Waals surface area contributed by atoms with E-state index in [-0.39, 0.29) is 5.91 Å². The monoisotopic (exact) mass is 358 g/mol. The first kappa shape index (κ1) is 24.3. The van der Waals surface area contributed by atoms with Crippen molar-refractivity contribution in [2.45, 2.75) is 45.4 Å². The Morgan fingerprint density at radius 2 is 1.12 bits per heavy atom. The second-order valence-corrected chi connectivity index (χ2v) is 6.45. The Balaban J connectivity index is 3.46. The number of rotatable bonds is 19. The molecule has 0 atom stereocenters. The molecule has 0 saturated carbocycles. The van der Waals surface area contributed by atoms with Gasteiger partial charge in [-0.05, 0) is 90.9 Å². The first-order valence-corrected chi connectivity index (χ1v) is 10.00. The van der Waals surface area contributed by atoms with Crippen LogP contribution in [0.15, 0.2) is 0 Å². The number of hydrogen-bond donors (Lipinski definition) is 5. The van der Waals surface area contributed by atoms with Crippen molar-refractivity contribution >= 4 is 5.91 Å². The second kappa shape index (κ2) is 19.6. The predicted molar refractivity (Wildman–Crippen MR) is 107 cm³/mol. The number of hydrogen-bond acceptors (Lipinski definition) is 6. The zero-order valence-corrected chi connectivity index (χ0v) is 16.3. The van der Waals surface area contributed by atoms with Crippen LogP contribution in [0.25, 0.3) is 0 Å². The van der Waals surface area contributed by atoms with Crippen molar-refractivity contribution in [2.75, 3.05) is 65.4 Å². The third-order valence-electron chi connectivity index (χ3n) is 4.08. The summed E-state index contributed by atoms with van der Waals surface area (Å²) >= 11 is 0. The van der Waals surface area contributed by atoms with E-state index in [1.807, 2.05) is 4.90 Å². The summed E-state index contributed by atoms with van der Waals surface area (Å²) in [4.78, 5) is 13.7. The Morgan fingerprint density at radius 3 is 1.64 bits per heavy atom. The maximum atomic E-state index is 11.7. The Hall–Kier alpha value is -0.730.